The zero-order valence-corrected chi connectivity index (χ0v) is 22.0. The van der Waals surface area contributed by atoms with Gasteiger partial charge in [0.2, 0.25) is 11.8 Å². The number of nitrogens with zero attached hydrogens (tertiary/aromatic N) is 3. The first-order chi connectivity index (χ1) is 18.4. The Morgan fingerprint density at radius 1 is 1.05 bits per heavy atom. The van der Waals surface area contributed by atoms with Crippen molar-refractivity contribution in [2.45, 2.75) is 64.4 Å². The van der Waals surface area contributed by atoms with Gasteiger partial charge in [-0.3, -0.25) is 29.5 Å². The van der Waals surface area contributed by atoms with Gasteiger partial charge in [-0.15, -0.1) is 0 Å². The lowest BCUT2D eigenvalue weighted by Crippen LogP contribution is -2.56. The van der Waals surface area contributed by atoms with E-state index in [0.29, 0.717) is 24.3 Å². The minimum atomic E-state index is -0.637. The topological polar surface area (TPSA) is 82.2 Å². The van der Waals surface area contributed by atoms with Gasteiger partial charge in [-0.05, 0) is 67.4 Å². The molecule has 3 amide bonds. The van der Waals surface area contributed by atoms with Crippen LogP contribution in [0.15, 0.2) is 42.5 Å². The van der Waals surface area contributed by atoms with Gasteiger partial charge in [0.05, 0.1) is 0 Å². The molecule has 38 heavy (non-hydrogen) atoms. The second-order valence-corrected chi connectivity index (χ2v) is 10.3. The van der Waals surface area contributed by atoms with Crippen LogP contribution in [0.5, 0.6) is 5.75 Å². The average Bonchev–Trinajstić information content (AvgIpc) is 3.22. The predicted octanol–water partition coefficient (Wildman–Crippen LogP) is 2.95. The van der Waals surface area contributed by atoms with Crippen molar-refractivity contribution in [3.8, 4) is 5.75 Å². The first-order valence-corrected chi connectivity index (χ1v) is 13.5. The molecule has 3 aliphatic rings. The number of likely N-dealkylation sites (tertiary alicyclic amines) is 1. The molecule has 1 N–H and O–H groups in total. The van der Waals surface area contributed by atoms with Gasteiger partial charge in [0, 0.05) is 44.2 Å². The molecule has 2 fully saturated rings. The monoisotopic (exact) mass is 522 g/mol. The Kier molecular flexibility index (Phi) is 7.76. The summed E-state index contributed by atoms with van der Waals surface area (Å²) in [5.41, 5.74) is 2.47. The van der Waals surface area contributed by atoms with Gasteiger partial charge in [0.15, 0.2) is 0 Å². The number of carbonyl (C=O) groups excluding carboxylic acids is 3. The van der Waals surface area contributed by atoms with Crippen LogP contribution in [0.1, 0.15) is 54.6 Å². The number of rotatable bonds is 8. The van der Waals surface area contributed by atoms with Gasteiger partial charge in [0.25, 0.3) is 5.91 Å². The molecule has 0 aromatic heterocycles. The van der Waals surface area contributed by atoms with E-state index in [1.54, 1.807) is 11.0 Å². The summed E-state index contributed by atoms with van der Waals surface area (Å²) in [7, 11) is 0. The minimum Gasteiger partial charge on any atom is -0.487 e. The quantitative estimate of drug-likeness (QED) is 0.537. The molecule has 0 radical (unpaired) electrons. The summed E-state index contributed by atoms with van der Waals surface area (Å²) >= 11 is 0. The minimum absolute atomic E-state index is 0.0782. The Balaban J connectivity index is 1.31. The van der Waals surface area contributed by atoms with Crippen LogP contribution in [0, 0.1) is 5.82 Å². The molecule has 2 aromatic rings. The number of piperidine rings is 2. The van der Waals surface area contributed by atoms with Crippen molar-refractivity contribution in [2.24, 2.45) is 0 Å². The van der Waals surface area contributed by atoms with Crippen LogP contribution >= 0.6 is 0 Å². The Labute approximate surface area is 222 Å². The lowest BCUT2D eigenvalue weighted by atomic mass is 9.98. The molecule has 2 saturated heterocycles. The van der Waals surface area contributed by atoms with Crippen molar-refractivity contribution in [3.05, 3.63) is 65.0 Å². The highest BCUT2D eigenvalue weighted by Gasteiger charge is 2.40. The van der Waals surface area contributed by atoms with Crippen LogP contribution in [-0.4, -0.2) is 76.8 Å². The van der Waals surface area contributed by atoms with Crippen molar-refractivity contribution in [3.63, 3.8) is 0 Å². The van der Waals surface area contributed by atoms with E-state index < -0.39 is 11.9 Å². The van der Waals surface area contributed by atoms with Crippen LogP contribution in [0.2, 0.25) is 0 Å². The summed E-state index contributed by atoms with van der Waals surface area (Å²) in [6.07, 6.45) is 1.45. The number of hydrogen-bond donors (Lipinski definition) is 1. The molecule has 8 nitrogen and oxygen atoms in total. The summed E-state index contributed by atoms with van der Waals surface area (Å²) in [5.74, 6) is -0.432. The Morgan fingerprint density at radius 3 is 2.53 bits per heavy atom. The number of fused-ring (bicyclic) bond motifs is 1. The maximum Gasteiger partial charge on any atom is 0.255 e. The molecular formula is C29H35FN4O4. The molecule has 1 unspecified atom stereocenters. The fourth-order valence-electron chi connectivity index (χ4n) is 5.98. The smallest absolute Gasteiger partial charge is 0.255 e. The number of benzene rings is 2. The molecule has 9 heteroatoms. The molecule has 0 aliphatic carbocycles. The van der Waals surface area contributed by atoms with E-state index in [9.17, 15) is 18.8 Å². The fraction of sp³-hybridized carbons (Fsp3) is 0.483. The Morgan fingerprint density at radius 2 is 1.82 bits per heavy atom. The fourth-order valence-corrected chi connectivity index (χ4v) is 5.98. The molecule has 3 heterocycles. The number of imide groups is 1. The molecule has 3 aliphatic heterocycles. The van der Waals surface area contributed by atoms with E-state index in [2.05, 4.69) is 29.0 Å². The van der Waals surface area contributed by atoms with Gasteiger partial charge in [-0.2, -0.15) is 0 Å². The number of carbonyl (C=O) groups is 3. The first kappa shape index (κ1) is 26.3. The molecule has 202 valence electrons. The molecule has 3 atom stereocenters. The number of nitrogens with one attached hydrogen (secondary N) is 1. The van der Waals surface area contributed by atoms with Crippen LogP contribution in [0.4, 0.5) is 4.39 Å². The van der Waals surface area contributed by atoms with Crippen LogP contribution in [-0.2, 0) is 22.7 Å². The van der Waals surface area contributed by atoms with Gasteiger partial charge >= 0.3 is 0 Å². The summed E-state index contributed by atoms with van der Waals surface area (Å²) in [4.78, 5) is 43.3. The van der Waals surface area contributed by atoms with Crippen LogP contribution in [0.3, 0.4) is 0 Å². The standard InChI is InChI=1S/C29H35FN4O4/c1-3-33(4-2)24-13-14-32(16-19-5-7-21(30)8-6-19)18-26(24)38-22-9-10-23-20(15-22)17-34(29(23)37)25-11-12-27(35)31-28(25)36/h5-10,15,24-26H,3-4,11-14,16-18H2,1-2H3,(H,31,35,36)/t24-,25?,26-/m0/s1. The van der Waals surface area contributed by atoms with Crippen molar-refractivity contribution >= 4 is 17.7 Å². The SMILES string of the molecule is CCN(CC)[C@H]1CCN(Cc2ccc(F)cc2)C[C@@H]1Oc1ccc2c(c1)CN(C1CCC(=O)NC1=O)C2=O. The van der Waals surface area contributed by atoms with Gasteiger partial charge in [0.1, 0.15) is 23.7 Å². The molecular weight excluding hydrogens is 487 g/mol. The van der Waals surface area contributed by atoms with Gasteiger partial charge in [-0.25, -0.2) is 4.39 Å². The summed E-state index contributed by atoms with van der Waals surface area (Å²) in [6.45, 7) is 8.89. The van der Waals surface area contributed by atoms with E-state index >= 15 is 0 Å². The Bertz CT molecular complexity index is 1200. The number of likely N-dealkylation sites (N-methyl/N-ethyl adjacent to an activating group) is 1. The zero-order valence-electron chi connectivity index (χ0n) is 22.0. The van der Waals surface area contributed by atoms with E-state index in [1.165, 1.54) is 12.1 Å². The third-order valence-corrected chi connectivity index (χ3v) is 7.99. The maximum absolute atomic E-state index is 13.4. The maximum atomic E-state index is 13.4. The molecule has 0 bridgehead atoms. The van der Waals surface area contributed by atoms with Crippen LogP contribution in [0.25, 0.3) is 0 Å². The second kappa shape index (κ2) is 11.2. The molecule has 5 rings (SSSR count). The lowest BCUT2D eigenvalue weighted by Gasteiger charge is -2.43. The third kappa shape index (κ3) is 5.44. The largest absolute Gasteiger partial charge is 0.487 e. The third-order valence-electron chi connectivity index (χ3n) is 7.99. The summed E-state index contributed by atoms with van der Waals surface area (Å²) in [6, 6.07) is 11.8. The second-order valence-electron chi connectivity index (χ2n) is 10.3. The van der Waals surface area contributed by atoms with Crippen molar-refractivity contribution in [1.29, 1.82) is 0 Å². The number of amides is 3. The van der Waals surface area contributed by atoms with Crippen molar-refractivity contribution < 1.29 is 23.5 Å². The van der Waals surface area contributed by atoms with Gasteiger partial charge in [-0.1, -0.05) is 26.0 Å². The highest BCUT2D eigenvalue weighted by atomic mass is 19.1. The molecule has 0 spiro atoms. The van der Waals surface area contributed by atoms with E-state index in [1.807, 2.05) is 24.3 Å². The number of halogens is 1. The van der Waals surface area contributed by atoms with Crippen molar-refractivity contribution in [2.75, 3.05) is 26.2 Å². The number of hydrogen-bond acceptors (Lipinski definition) is 6. The molecule has 0 saturated carbocycles. The summed E-state index contributed by atoms with van der Waals surface area (Å²) in [5, 5.41) is 2.35. The number of ether oxygens (including phenoxy) is 1. The normalized spacial score (nSPS) is 24.1. The molecule has 2 aromatic carbocycles. The zero-order chi connectivity index (χ0) is 26.8. The van der Waals surface area contributed by atoms with E-state index in [4.69, 9.17) is 4.74 Å². The van der Waals surface area contributed by atoms with Crippen LogP contribution < -0.4 is 10.1 Å². The van der Waals surface area contributed by atoms with E-state index in [0.717, 1.165) is 50.3 Å². The predicted molar refractivity (Wildman–Crippen MR) is 140 cm³/mol. The summed E-state index contributed by atoms with van der Waals surface area (Å²) < 4.78 is 20.0. The van der Waals surface area contributed by atoms with E-state index in [-0.39, 0.29) is 36.2 Å². The Hall–Kier alpha value is -3.30. The van der Waals surface area contributed by atoms with Crippen molar-refractivity contribution in [1.82, 2.24) is 20.0 Å². The lowest BCUT2D eigenvalue weighted by molar-refractivity contribution is -0.136. The van der Waals surface area contributed by atoms with Gasteiger partial charge < -0.3 is 9.64 Å². The average molecular weight is 523 g/mol. The first-order valence-electron chi connectivity index (χ1n) is 13.5. The highest BCUT2D eigenvalue weighted by Crippen LogP contribution is 2.32. The highest BCUT2D eigenvalue weighted by molar-refractivity contribution is 6.05.